The lowest BCUT2D eigenvalue weighted by Crippen LogP contribution is -2.33. The normalized spacial score (nSPS) is 27.5. The molecule has 2 aliphatic rings. The van der Waals surface area contributed by atoms with Gasteiger partial charge in [-0.15, -0.1) is 0 Å². The molecule has 1 aliphatic heterocycles. The Bertz CT molecular complexity index is 705. The van der Waals surface area contributed by atoms with E-state index in [0.717, 1.165) is 5.56 Å². The minimum atomic E-state index is -0.884. The number of carboxylic acids is 1. The maximum atomic E-state index is 11.8. The molecule has 1 N–H and O–H groups in total. The van der Waals surface area contributed by atoms with Gasteiger partial charge in [0.15, 0.2) is 0 Å². The zero-order valence-electron chi connectivity index (χ0n) is 13.9. The van der Waals surface area contributed by atoms with Crippen molar-refractivity contribution >= 4 is 17.9 Å². The molecule has 6 nitrogen and oxygen atoms in total. The minimum absolute atomic E-state index is 0.0111. The van der Waals surface area contributed by atoms with Crippen LogP contribution in [0.3, 0.4) is 0 Å². The van der Waals surface area contributed by atoms with E-state index < -0.39 is 5.97 Å². The van der Waals surface area contributed by atoms with Crippen LogP contribution in [0.15, 0.2) is 36.4 Å². The van der Waals surface area contributed by atoms with Crippen LogP contribution in [-0.4, -0.2) is 35.7 Å². The third-order valence-electron chi connectivity index (χ3n) is 4.78. The van der Waals surface area contributed by atoms with Crippen LogP contribution in [0.4, 0.5) is 0 Å². The summed E-state index contributed by atoms with van der Waals surface area (Å²) in [5.41, 5.74) is 1.39. The Morgan fingerprint density at radius 2 is 1.96 bits per heavy atom. The van der Waals surface area contributed by atoms with E-state index in [4.69, 9.17) is 14.6 Å². The molecule has 1 aromatic carbocycles. The van der Waals surface area contributed by atoms with Crippen LogP contribution >= 0.6 is 0 Å². The van der Waals surface area contributed by atoms with Gasteiger partial charge in [-0.25, -0.2) is 4.79 Å². The van der Waals surface area contributed by atoms with Crippen LogP contribution in [0.2, 0.25) is 0 Å². The van der Waals surface area contributed by atoms with Crippen LogP contribution in [0.25, 0.3) is 0 Å². The second-order valence-corrected chi connectivity index (χ2v) is 6.34. The number of fused-ring (bicyclic) bond motifs is 1. The van der Waals surface area contributed by atoms with Gasteiger partial charge >= 0.3 is 17.9 Å². The van der Waals surface area contributed by atoms with Gasteiger partial charge in [-0.05, 0) is 30.5 Å². The van der Waals surface area contributed by atoms with E-state index in [9.17, 15) is 14.4 Å². The summed E-state index contributed by atoms with van der Waals surface area (Å²) in [4.78, 5) is 34.6. The SMILES string of the molecule is CCOC(=O)c1ccc([C@H]2C=C[C@H](CC(=O)O)[C@@H]3CC(=O)O[C@@H]32)cc1. The summed E-state index contributed by atoms with van der Waals surface area (Å²) in [5.74, 6) is -2.03. The Morgan fingerprint density at radius 1 is 1.24 bits per heavy atom. The molecule has 1 aromatic rings. The summed E-state index contributed by atoms with van der Waals surface area (Å²) in [6.45, 7) is 2.07. The highest BCUT2D eigenvalue weighted by atomic mass is 16.6. The average molecular weight is 344 g/mol. The van der Waals surface area contributed by atoms with Crippen molar-refractivity contribution in [3.63, 3.8) is 0 Å². The topological polar surface area (TPSA) is 89.9 Å². The smallest absolute Gasteiger partial charge is 0.338 e. The van der Waals surface area contributed by atoms with Crippen molar-refractivity contribution < 1.29 is 29.0 Å². The molecule has 1 fully saturated rings. The largest absolute Gasteiger partial charge is 0.481 e. The average Bonchev–Trinajstić information content (AvgIpc) is 2.97. The number of carbonyl (C=O) groups is 3. The standard InChI is InChI=1S/C19H20O6/c1-2-24-19(23)12-5-3-11(4-6-12)14-8-7-13(9-16(20)21)15-10-17(22)25-18(14)15/h3-8,13-15,18H,2,9-10H2,1H3,(H,20,21)/t13-,14-,15+,18-/m1/s1. The number of aliphatic carboxylic acids is 1. The number of ether oxygens (including phenoxy) is 2. The van der Waals surface area contributed by atoms with Crippen molar-refractivity contribution in [3.05, 3.63) is 47.5 Å². The lowest BCUT2D eigenvalue weighted by atomic mass is 9.73. The summed E-state index contributed by atoms with van der Waals surface area (Å²) in [6.07, 6.45) is 3.65. The van der Waals surface area contributed by atoms with Crippen LogP contribution in [-0.2, 0) is 19.1 Å². The van der Waals surface area contributed by atoms with Crippen molar-refractivity contribution in [2.45, 2.75) is 31.8 Å². The number of allylic oxidation sites excluding steroid dienone is 1. The number of carbonyl (C=O) groups excluding carboxylic acids is 2. The summed E-state index contributed by atoms with van der Waals surface area (Å²) >= 11 is 0. The van der Waals surface area contributed by atoms with Gasteiger partial charge in [0.25, 0.3) is 0 Å². The van der Waals surface area contributed by atoms with Gasteiger partial charge in [0, 0.05) is 11.8 Å². The van der Waals surface area contributed by atoms with Gasteiger partial charge in [0.05, 0.1) is 25.0 Å². The summed E-state index contributed by atoms with van der Waals surface area (Å²) in [6, 6.07) is 7.02. The Balaban J connectivity index is 1.83. The van der Waals surface area contributed by atoms with Gasteiger partial charge in [0.1, 0.15) is 6.10 Å². The molecule has 0 radical (unpaired) electrons. The molecule has 1 aliphatic carbocycles. The highest BCUT2D eigenvalue weighted by molar-refractivity contribution is 5.89. The fraction of sp³-hybridized carbons (Fsp3) is 0.421. The molecule has 25 heavy (non-hydrogen) atoms. The molecule has 1 heterocycles. The number of benzene rings is 1. The molecule has 0 amide bonds. The number of hydrogen-bond donors (Lipinski definition) is 1. The molecule has 1 saturated heterocycles. The molecule has 0 saturated carbocycles. The van der Waals surface area contributed by atoms with E-state index in [1.165, 1.54) is 0 Å². The van der Waals surface area contributed by atoms with Gasteiger partial charge in [-0.1, -0.05) is 24.3 Å². The second kappa shape index (κ2) is 7.09. The first-order valence-electron chi connectivity index (χ1n) is 8.36. The molecular formula is C19H20O6. The third-order valence-corrected chi connectivity index (χ3v) is 4.78. The number of esters is 2. The van der Waals surface area contributed by atoms with Gasteiger partial charge in [-0.3, -0.25) is 9.59 Å². The quantitative estimate of drug-likeness (QED) is 0.652. The van der Waals surface area contributed by atoms with Crippen LogP contribution in [0.5, 0.6) is 0 Å². The molecule has 0 spiro atoms. The zero-order valence-corrected chi connectivity index (χ0v) is 13.9. The third kappa shape index (κ3) is 3.57. The van der Waals surface area contributed by atoms with Crippen LogP contribution in [0, 0.1) is 11.8 Å². The Morgan fingerprint density at radius 3 is 2.60 bits per heavy atom. The summed E-state index contributed by atoms with van der Waals surface area (Å²) < 4.78 is 10.5. The van der Waals surface area contributed by atoms with E-state index in [1.54, 1.807) is 19.1 Å². The Kier molecular flexibility index (Phi) is 4.88. The maximum absolute atomic E-state index is 11.8. The van der Waals surface area contributed by atoms with E-state index in [0.29, 0.717) is 12.2 Å². The number of rotatable bonds is 5. The Labute approximate surface area is 145 Å². The second-order valence-electron chi connectivity index (χ2n) is 6.34. The van der Waals surface area contributed by atoms with Crippen molar-refractivity contribution in [2.24, 2.45) is 11.8 Å². The van der Waals surface area contributed by atoms with Crippen molar-refractivity contribution in [2.75, 3.05) is 6.61 Å². The Hall–Kier alpha value is -2.63. The fourth-order valence-electron chi connectivity index (χ4n) is 3.62. The molecule has 4 atom stereocenters. The van der Waals surface area contributed by atoms with Crippen molar-refractivity contribution in [3.8, 4) is 0 Å². The first-order chi connectivity index (χ1) is 12.0. The summed E-state index contributed by atoms with van der Waals surface area (Å²) in [7, 11) is 0. The van der Waals surface area contributed by atoms with Gasteiger partial charge < -0.3 is 14.6 Å². The van der Waals surface area contributed by atoms with Gasteiger partial charge in [-0.2, -0.15) is 0 Å². The highest BCUT2D eigenvalue weighted by Gasteiger charge is 2.45. The number of carboxylic acid groups (broad SMARTS) is 1. The predicted molar refractivity (Wildman–Crippen MR) is 88.0 cm³/mol. The number of hydrogen-bond acceptors (Lipinski definition) is 5. The molecule has 6 heteroatoms. The lowest BCUT2D eigenvalue weighted by Gasteiger charge is -2.33. The fourth-order valence-corrected chi connectivity index (χ4v) is 3.62. The molecule has 3 rings (SSSR count). The molecule has 0 bridgehead atoms. The van der Waals surface area contributed by atoms with E-state index >= 15 is 0 Å². The van der Waals surface area contributed by atoms with Gasteiger partial charge in [0.2, 0.25) is 0 Å². The summed E-state index contributed by atoms with van der Waals surface area (Å²) in [5, 5.41) is 9.06. The predicted octanol–water partition coefficient (Wildman–Crippen LogP) is 2.54. The first kappa shape index (κ1) is 17.2. The molecule has 132 valence electrons. The maximum Gasteiger partial charge on any atom is 0.338 e. The van der Waals surface area contributed by atoms with Crippen LogP contribution in [0.1, 0.15) is 41.6 Å². The van der Waals surface area contributed by atoms with Crippen LogP contribution < -0.4 is 0 Å². The molecule has 0 unspecified atom stereocenters. The first-order valence-corrected chi connectivity index (χ1v) is 8.36. The van der Waals surface area contributed by atoms with E-state index in [1.807, 2.05) is 24.3 Å². The van der Waals surface area contributed by atoms with Crippen molar-refractivity contribution in [1.82, 2.24) is 0 Å². The monoisotopic (exact) mass is 344 g/mol. The van der Waals surface area contributed by atoms with E-state index in [-0.39, 0.29) is 48.6 Å². The highest BCUT2D eigenvalue weighted by Crippen LogP contribution is 2.43. The lowest BCUT2D eigenvalue weighted by molar-refractivity contribution is -0.142. The zero-order chi connectivity index (χ0) is 18.0. The molecule has 0 aromatic heterocycles. The van der Waals surface area contributed by atoms with Crippen molar-refractivity contribution in [1.29, 1.82) is 0 Å². The minimum Gasteiger partial charge on any atom is -0.481 e. The van der Waals surface area contributed by atoms with E-state index in [2.05, 4.69) is 0 Å². The molecular weight excluding hydrogens is 324 g/mol.